The fraction of sp³-hybridized carbons (Fsp3) is 0.917. The molecule has 0 N–H and O–H groups in total. The predicted molar refractivity (Wildman–Crippen MR) is 60.7 cm³/mol. The molecule has 3 atom stereocenters. The first-order chi connectivity index (χ1) is 7.01. The molecule has 0 saturated carbocycles. The minimum Gasteiger partial charge on any atom is -0.463 e. The lowest BCUT2D eigenvalue weighted by Gasteiger charge is -2.18. The predicted octanol–water partition coefficient (Wildman–Crippen LogP) is 2.78. The van der Waals surface area contributed by atoms with Gasteiger partial charge in [0.1, 0.15) is 6.61 Å². The fourth-order valence-corrected chi connectivity index (χ4v) is 1.04. The van der Waals surface area contributed by atoms with Crippen LogP contribution in [0.4, 0.5) is 0 Å². The third kappa shape index (κ3) is 6.50. The highest BCUT2D eigenvalue weighted by Gasteiger charge is 2.14. The van der Waals surface area contributed by atoms with Crippen LogP contribution >= 0.6 is 0 Å². The number of esters is 1. The summed E-state index contributed by atoms with van der Waals surface area (Å²) in [6, 6.07) is 0. The van der Waals surface area contributed by atoms with Crippen molar-refractivity contribution in [1.29, 1.82) is 0 Å². The maximum atomic E-state index is 11.4. The number of ether oxygens (including phenoxy) is 2. The van der Waals surface area contributed by atoms with Gasteiger partial charge in [-0.3, -0.25) is 4.79 Å². The molecule has 0 aliphatic heterocycles. The van der Waals surface area contributed by atoms with E-state index in [2.05, 4.69) is 6.92 Å². The number of carbonyl (C=O) groups is 1. The van der Waals surface area contributed by atoms with Crippen molar-refractivity contribution in [3.63, 3.8) is 0 Å². The molecule has 3 nitrogen and oxygen atoms in total. The van der Waals surface area contributed by atoms with Crippen molar-refractivity contribution in [3.05, 3.63) is 0 Å². The molecule has 0 radical (unpaired) electrons. The number of hydrogen-bond acceptors (Lipinski definition) is 3. The van der Waals surface area contributed by atoms with Crippen LogP contribution in [0.25, 0.3) is 0 Å². The molecule has 15 heavy (non-hydrogen) atoms. The molecular formula is C12H24O3. The topological polar surface area (TPSA) is 35.5 Å². The summed E-state index contributed by atoms with van der Waals surface area (Å²) in [5, 5.41) is 0. The molecule has 0 aliphatic rings. The number of carbonyl (C=O) groups excluding carboxylic acids is 1. The smallest absolute Gasteiger partial charge is 0.308 e. The molecule has 0 rings (SSSR count). The fourth-order valence-electron chi connectivity index (χ4n) is 1.04. The summed E-state index contributed by atoms with van der Waals surface area (Å²) in [6.07, 6.45) is 2.00. The van der Waals surface area contributed by atoms with Crippen LogP contribution < -0.4 is 0 Å². The normalized spacial score (nSPS) is 16.9. The SMILES string of the molecule is CCC(C)OC(C)COC(=O)C(C)CC. The number of hydrogen-bond donors (Lipinski definition) is 0. The van der Waals surface area contributed by atoms with E-state index in [1.807, 2.05) is 27.7 Å². The summed E-state index contributed by atoms with van der Waals surface area (Å²) < 4.78 is 10.7. The highest BCUT2D eigenvalue weighted by molar-refractivity contribution is 5.71. The van der Waals surface area contributed by atoms with E-state index in [0.29, 0.717) is 6.61 Å². The molecule has 0 bridgehead atoms. The lowest BCUT2D eigenvalue weighted by molar-refractivity contribution is -0.153. The molecular weight excluding hydrogens is 192 g/mol. The van der Waals surface area contributed by atoms with Gasteiger partial charge < -0.3 is 9.47 Å². The second kappa shape index (κ2) is 7.69. The Morgan fingerprint density at radius 2 is 1.67 bits per heavy atom. The maximum Gasteiger partial charge on any atom is 0.308 e. The van der Waals surface area contributed by atoms with E-state index >= 15 is 0 Å². The van der Waals surface area contributed by atoms with Crippen LogP contribution in [0, 0.1) is 5.92 Å². The second-order valence-corrected chi connectivity index (χ2v) is 4.10. The quantitative estimate of drug-likeness (QED) is 0.614. The Labute approximate surface area is 93.1 Å². The summed E-state index contributed by atoms with van der Waals surface area (Å²) in [5.74, 6) is -0.141. The average Bonchev–Trinajstić information content (AvgIpc) is 2.24. The van der Waals surface area contributed by atoms with Crippen molar-refractivity contribution in [3.8, 4) is 0 Å². The van der Waals surface area contributed by atoms with E-state index in [-0.39, 0.29) is 24.1 Å². The molecule has 3 unspecified atom stereocenters. The summed E-state index contributed by atoms with van der Waals surface area (Å²) in [4.78, 5) is 11.4. The van der Waals surface area contributed by atoms with Crippen LogP contribution in [-0.4, -0.2) is 24.8 Å². The van der Waals surface area contributed by atoms with Gasteiger partial charge in [-0.15, -0.1) is 0 Å². The molecule has 0 aliphatic carbocycles. The molecule has 3 heteroatoms. The summed E-state index contributed by atoms with van der Waals surface area (Å²) in [5.41, 5.74) is 0. The van der Waals surface area contributed by atoms with Crippen molar-refractivity contribution in [2.24, 2.45) is 5.92 Å². The Hall–Kier alpha value is -0.570. The van der Waals surface area contributed by atoms with Gasteiger partial charge in [0.25, 0.3) is 0 Å². The van der Waals surface area contributed by atoms with Crippen LogP contribution in [0.2, 0.25) is 0 Å². The second-order valence-electron chi connectivity index (χ2n) is 4.10. The van der Waals surface area contributed by atoms with Crippen LogP contribution in [0.3, 0.4) is 0 Å². The lowest BCUT2D eigenvalue weighted by Crippen LogP contribution is -2.25. The zero-order chi connectivity index (χ0) is 11.8. The minimum atomic E-state index is -0.128. The first-order valence-electron chi connectivity index (χ1n) is 5.83. The molecule has 0 aromatic carbocycles. The largest absolute Gasteiger partial charge is 0.463 e. The van der Waals surface area contributed by atoms with Crippen LogP contribution in [0.15, 0.2) is 0 Å². The monoisotopic (exact) mass is 216 g/mol. The first-order valence-corrected chi connectivity index (χ1v) is 5.83. The Balaban J connectivity index is 3.70. The van der Waals surface area contributed by atoms with Gasteiger partial charge in [-0.2, -0.15) is 0 Å². The number of rotatable bonds is 7. The van der Waals surface area contributed by atoms with Gasteiger partial charge in [0.15, 0.2) is 0 Å². The van der Waals surface area contributed by atoms with Crippen molar-refractivity contribution in [2.45, 2.75) is 59.7 Å². The van der Waals surface area contributed by atoms with Gasteiger partial charge in [0.05, 0.1) is 18.1 Å². The van der Waals surface area contributed by atoms with Gasteiger partial charge >= 0.3 is 5.97 Å². The van der Waals surface area contributed by atoms with Gasteiger partial charge in [0, 0.05) is 0 Å². The zero-order valence-electron chi connectivity index (χ0n) is 10.6. The molecule has 0 spiro atoms. The highest BCUT2D eigenvalue weighted by atomic mass is 16.6. The Morgan fingerprint density at radius 1 is 1.07 bits per heavy atom. The van der Waals surface area contributed by atoms with Crippen molar-refractivity contribution in [1.82, 2.24) is 0 Å². The summed E-state index contributed by atoms with van der Waals surface area (Å²) in [6.45, 7) is 10.2. The van der Waals surface area contributed by atoms with E-state index < -0.39 is 0 Å². The van der Waals surface area contributed by atoms with E-state index in [1.54, 1.807) is 0 Å². The highest BCUT2D eigenvalue weighted by Crippen LogP contribution is 2.06. The Morgan fingerprint density at radius 3 is 2.13 bits per heavy atom. The Kier molecular flexibility index (Phi) is 7.39. The Bertz CT molecular complexity index is 180. The molecule has 0 aromatic rings. The van der Waals surface area contributed by atoms with Crippen molar-refractivity contribution >= 4 is 5.97 Å². The van der Waals surface area contributed by atoms with Gasteiger partial charge in [0.2, 0.25) is 0 Å². The summed E-state index contributed by atoms with van der Waals surface area (Å²) in [7, 11) is 0. The molecule has 90 valence electrons. The lowest BCUT2D eigenvalue weighted by atomic mass is 10.1. The summed E-state index contributed by atoms with van der Waals surface area (Å²) >= 11 is 0. The molecule has 0 aromatic heterocycles. The van der Waals surface area contributed by atoms with Crippen molar-refractivity contribution in [2.75, 3.05) is 6.61 Å². The molecule has 0 saturated heterocycles. The third-order valence-electron chi connectivity index (χ3n) is 2.51. The van der Waals surface area contributed by atoms with Gasteiger partial charge in [-0.25, -0.2) is 0 Å². The third-order valence-corrected chi connectivity index (χ3v) is 2.51. The van der Waals surface area contributed by atoms with Crippen LogP contribution in [-0.2, 0) is 14.3 Å². The standard InChI is InChI=1S/C12H24O3/c1-6-9(3)12(13)14-8-11(5)15-10(4)7-2/h9-11H,6-8H2,1-5H3. The average molecular weight is 216 g/mol. The zero-order valence-corrected chi connectivity index (χ0v) is 10.6. The van der Waals surface area contributed by atoms with Crippen LogP contribution in [0.5, 0.6) is 0 Å². The minimum absolute atomic E-state index is 0.0131. The van der Waals surface area contributed by atoms with E-state index in [1.165, 1.54) is 0 Å². The molecule has 0 heterocycles. The van der Waals surface area contributed by atoms with E-state index in [4.69, 9.17) is 9.47 Å². The van der Waals surface area contributed by atoms with E-state index in [9.17, 15) is 4.79 Å². The van der Waals surface area contributed by atoms with Gasteiger partial charge in [-0.1, -0.05) is 20.8 Å². The van der Waals surface area contributed by atoms with Crippen molar-refractivity contribution < 1.29 is 14.3 Å². The van der Waals surface area contributed by atoms with E-state index in [0.717, 1.165) is 12.8 Å². The maximum absolute atomic E-state index is 11.4. The molecule has 0 fully saturated rings. The van der Waals surface area contributed by atoms with Crippen LogP contribution in [0.1, 0.15) is 47.5 Å². The first kappa shape index (κ1) is 14.4. The van der Waals surface area contributed by atoms with Gasteiger partial charge in [-0.05, 0) is 26.7 Å². The molecule has 0 amide bonds.